The summed E-state index contributed by atoms with van der Waals surface area (Å²) in [5, 5.41) is 4.96. The lowest BCUT2D eigenvalue weighted by molar-refractivity contribution is 0.0728. The average molecular weight is 338 g/mol. The van der Waals surface area contributed by atoms with Gasteiger partial charge in [-0.05, 0) is 36.8 Å². The molecule has 0 bridgehead atoms. The van der Waals surface area contributed by atoms with Crippen LogP contribution in [0, 0.1) is 0 Å². The molecule has 0 aliphatic rings. The van der Waals surface area contributed by atoms with E-state index in [1.165, 1.54) is 7.05 Å². The molecule has 0 N–H and O–H groups in total. The number of nitrogens with zero attached hydrogens (tertiary/aromatic N) is 2. The van der Waals surface area contributed by atoms with Crippen LogP contribution in [0.15, 0.2) is 53.3 Å². The van der Waals surface area contributed by atoms with Gasteiger partial charge in [-0.3, -0.25) is 4.79 Å². The van der Waals surface area contributed by atoms with Crippen molar-refractivity contribution in [3.63, 3.8) is 0 Å². The fraction of sp³-hybridized carbons (Fsp3) is 0.211. The second kappa shape index (κ2) is 7.17. The smallest absolute Gasteiger partial charge is 0.364 e. The van der Waals surface area contributed by atoms with Crippen LogP contribution in [0.2, 0.25) is 0 Å². The first-order chi connectivity index (χ1) is 12.1. The van der Waals surface area contributed by atoms with Crippen LogP contribution in [0.5, 0.6) is 11.5 Å². The number of benzene rings is 2. The molecule has 1 aromatic heterocycles. The zero-order chi connectivity index (χ0) is 17.8. The minimum absolute atomic E-state index is 0.101. The maximum atomic E-state index is 12.5. The molecule has 0 atom stereocenters. The van der Waals surface area contributed by atoms with Gasteiger partial charge in [-0.1, -0.05) is 25.1 Å². The molecule has 6 nitrogen and oxygen atoms in total. The Morgan fingerprint density at radius 3 is 2.36 bits per heavy atom. The van der Waals surface area contributed by atoms with Crippen LogP contribution in [0.1, 0.15) is 23.8 Å². The molecule has 2 aromatic carbocycles. The Labute approximate surface area is 144 Å². The Morgan fingerprint density at radius 2 is 1.68 bits per heavy atom. The minimum atomic E-state index is -0.617. The van der Waals surface area contributed by atoms with Crippen LogP contribution in [0.3, 0.4) is 0 Å². The molecule has 3 aromatic rings. The number of aromatic nitrogens is 2. The number of rotatable bonds is 5. The zero-order valence-electron chi connectivity index (χ0n) is 14.1. The number of esters is 1. The van der Waals surface area contributed by atoms with Crippen molar-refractivity contribution in [2.24, 2.45) is 7.05 Å². The highest BCUT2D eigenvalue weighted by Gasteiger charge is 2.17. The first kappa shape index (κ1) is 16.7. The van der Waals surface area contributed by atoms with Crippen molar-refractivity contribution in [3.8, 4) is 11.5 Å². The molecular weight excluding hydrogens is 320 g/mol. The fourth-order valence-corrected chi connectivity index (χ4v) is 2.43. The molecule has 0 fully saturated rings. The Kier molecular flexibility index (Phi) is 4.79. The van der Waals surface area contributed by atoms with E-state index >= 15 is 0 Å². The molecule has 0 unspecified atom stereocenters. The maximum Gasteiger partial charge on any atom is 0.364 e. The summed E-state index contributed by atoms with van der Waals surface area (Å²) in [4.78, 5) is 24.6. The first-order valence-electron chi connectivity index (χ1n) is 8.01. The molecule has 0 amide bonds. The van der Waals surface area contributed by atoms with Crippen molar-refractivity contribution < 1.29 is 14.3 Å². The molecule has 0 saturated heterocycles. The van der Waals surface area contributed by atoms with E-state index in [0.717, 1.165) is 11.1 Å². The average Bonchev–Trinajstić information content (AvgIpc) is 2.64. The van der Waals surface area contributed by atoms with Crippen LogP contribution in [0.25, 0.3) is 10.8 Å². The van der Waals surface area contributed by atoms with Gasteiger partial charge in [0.05, 0.1) is 12.0 Å². The molecule has 0 saturated carbocycles. The third kappa shape index (κ3) is 3.52. The topological polar surface area (TPSA) is 70.4 Å². The Balaban J connectivity index is 1.88. The van der Waals surface area contributed by atoms with Gasteiger partial charge < -0.3 is 9.47 Å². The molecule has 0 radical (unpaired) electrons. The van der Waals surface area contributed by atoms with Gasteiger partial charge in [0.1, 0.15) is 11.5 Å². The third-order valence-electron chi connectivity index (χ3n) is 3.66. The van der Waals surface area contributed by atoms with E-state index in [9.17, 15) is 9.59 Å². The van der Waals surface area contributed by atoms with E-state index in [0.29, 0.717) is 28.9 Å². The van der Waals surface area contributed by atoms with Crippen molar-refractivity contribution in [2.45, 2.75) is 13.3 Å². The molecule has 3 rings (SSSR count). The van der Waals surface area contributed by atoms with Gasteiger partial charge in [-0.15, -0.1) is 0 Å². The van der Waals surface area contributed by atoms with E-state index in [4.69, 9.17) is 9.47 Å². The number of carbonyl (C=O) groups is 1. The van der Waals surface area contributed by atoms with E-state index in [1.807, 2.05) is 6.92 Å². The van der Waals surface area contributed by atoms with Crippen LogP contribution in [0.4, 0.5) is 0 Å². The highest BCUT2D eigenvalue weighted by Crippen LogP contribution is 2.20. The number of carbonyl (C=O) groups excluding carboxylic acids is 1. The lowest BCUT2D eigenvalue weighted by atomic mass is 10.1. The monoisotopic (exact) mass is 338 g/mol. The number of hydrogen-bond acceptors (Lipinski definition) is 5. The fourth-order valence-electron chi connectivity index (χ4n) is 2.43. The number of fused-ring (bicyclic) bond motifs is 1. The predicted molar refractivity (Wildman–Crippen MR) is 94.2 cm³/mol. The van der Waals surface area contributed by atoms with Gasteiger partial charge in [0.25, 0.3) is 5.56 Å². The molecule has 128 valence electrons. The summed E-state index contributed by atoms with van der Waals surface area (Å²) in [5.74, 6) is 0.481. The van der Waals surface area contributed by atoms with Crippen molar-refractivity contribution in [2.75, 3.05) is 6.61 Å². The molecule has 6 heteroatoms. The van der Waals surface area contributed by atoms with Gasteiger partial charge in [0.2, 0.25) is 0 Å². The predicted octanol–water partition coefficient (Wildman–Crippen LogP) is 2.94. The summed E-state index contributed by atoms with van der Waals surface area (Å²) in [5.41, 5.74) is -0.159. The third-order valence-corrected chi connectivity index (χ3v) is 3.66. The van der Waals surface area contributed by atoms with Crippen molar-refractivity contribution in [3.05, 3.63) is 64.6 Å². The lowest BCUT2D eigenvalue weighted by Gasteiger charge is -2.09. The molecule has 25 heavy (non-hydrogen) atoms. The number of aryl methyl sites for hydroxylation is 1. The van der Waals surface area contributed by atoms with Gasteiger partial charge in [-0.2, -0.15) is 5.10 Å². The van der Waals surface area contributed by atoms with Crippen molar-refractivity contribution in [1.29, 1.82) is 0 Å². The summed E-state index contributed by atoms with van der Waals surface area (Å²) >= 11 is 0. The largest absolute Gasteiger partial charge is 0.494 e. The van der Waals surface area contributed by atoms with E-state index < -0.39 is 5.97 Å². The highest BCUT2D eigenvalue weighted by molar-refractivity contribution is 6.02. The number of ether oxygens (including phenoxy) is 2. The summed E-state index contributed by atoms with van der Waals surface area (Å²) in [7, 11) is 1.51. The summed E-state index contributed by atoms with van der Waals surface area (Å²) in [6.45, 7) is 2.66. The SMILES string of the molecule is CCCOc1ccc(OC(=O)c2nn(C)c(=O)c3ccccc23)cc1. The maximum absolute atomic E-state index is 12.5. The number of hydrogen-bond donors (Lipinski definition) is 0. The molecule has 0 aliphatic carbocycles. The highest BCUT2D eigenvalue weighted by atomic mass is 16.5. The van der Waals surface area contributed by atoms with Crippen LogP contribution < -0.4 is 15.0 Å². The van der Waals surface area contributed by atoms with E-state index in [2.05, 4.69) is 5.10 Å². The van der Waals surface area contributed by atoms with Crippen LogP contribution in [-0.2, 0) is 7.05 Å². The van der Waals surface area contributed by atoms with Crippen molar-refractivity contribution in [1.82, 2.24) is 9.78 Å². The quantitative estimate of drug-likeness (QED) is 0.528. The molecule has 1 heterocycles. The Bertz CT molecular complexity index is 961. The lowest BCUT2D eigenvalue weighted by Crippen LogP contribution is -2.24. The van der Waals surface area contributed by atoms with E-state index in [1.54, 1.807) is 48.5 Å². The standard InChI is InChI=1S/C19H18N2O4/c1-3-12-24-13-8-10-14(11-9-13)25-19(23)17-15-6-4-5-7-16(15)18(22)21(2)20-17/h4-11H,3,12H2,1-2H3. The van der Waals surface area contributed by atoms with E-state index in [-0.39, 0.29) is 11.3 Å². The molecular formula is C19H18N2O4. The van der Waals surface area contributed by atoms with Crippen LogP contribution >= 0.6 is 0 Å². The normalized spacial score (nSPS) is 10.6. The zero-order valence-corrected chi connectivity index (χ0v) is 14.1. The molecule has 0 spiro atoms. The first-order valence-corrected chi connectivity index (χ1v) is 8.01. The van der Waals surface area contributed by atoms with Crippen LogP contribution in [-0.4, -0.2) is 22.4 Å². The van der Waals surface area contributed by atoms with Gasteiger partial charge in [0.15, 0.2) is 5.69 Å². The summed E-state index contributed by atoms with van der Waals surface area (Å²) in [6.07, 6.45) is 0.919. The Hall–Kier alpha value is -3.15. The summed E-state index contributed by atoms with van der Waals surface area (Å²) < 4.78 is 12.0. The Morgan fingerprint density at radius 1 is 1.04 bits per heavy atom. The van der Waals surface area contributed by atoms with Gasteiger partial charge in [0, 0.05) is 12.4 Å². The van der Waals surface area contributed by atoms with Crippen molar-refractivity contribution >= 4 is 16.7 Å². The van der Waals surface area contributed by atoms with Gasteiger partial charge >= 0.3 is 5.97 Å². The molecule has 0 aliphatic heterocycles. The van der Waals surface area contributed by atoms with Gasteiger partial charge in [-0.25, -0.2) is 9.48 Å². The second-order valence-corrected chi connectivity index (χ2v) is 5.53. The summed E-state index contributed by atoms with van der Waals surface area (Å²) in [6, 6.07) is 13.6. The second-order valence-electron chi connectivity index (χ2n) is 5.53. The minimum Gasteiger partial charge on any atom is -0.494 e.